The molecule has 3 heterocycles. The SMILES string of the molecule is Cc1cc(C)c2[nH]c(Nc3ccc(-c4c(C(=O)NCC(F)(F)F)cn5ncnc(NN)c45)cc3)nc2c1. The number of amides is 1. The number of nitrogen functional groups attached to an aromatic ring is 1. The van der Waals surface area contributed by atoms with Gasteiger partial charge in [0.2, 0.25) is 5.95 Å². The number of nitrogens with zero attached hydrogens (tertiary/aromatic N) is 4. The average molecular weight is 509 g/mol. The van der Waals surface area contributed by atoms with Gasteiger partial charge in [-0.05, 0) is 48.7 Å². The third kappa shape index (κ3) is 4.76. The molecule has 13 heteroatoms. The largest absolute Gasteiger partial charge is 0.405 e. The van der Waals surface area contributed by atoms with E-state index < -0.39 is 18.6 Å². The third-order valence-corrected chi connectivity index (χ3v) is 5.78. The molecular weight excluding hydrogens is 487 g/mol. The molecule has 0 aliphatic carbocycles. The molecule has 0 saturated heterocycles. The maximum atomic E-state index is 12.8. The van der Waals surface area contributed by atoms with Crippen molar-refractivity contribution < 1.29 is 18.0 Å². The van der Waals surface area contributed by atoms with Gasteiger partial charge in [-0.2, -0.15) is 18.3 Å². The Labute approximate surface area is 208 Å². The number of alkyl halides is 3. The lowest BCUT2D eigenvalue weighted by atomic mass is 10.0. The Morgan fingerprint density at radius 3 is 2.62 bits per heavy atom. The zero-order valence-corrected chi connectivity index (χ0v) is 19.7. The maximum Gasteiger partial charge on any atom is 0.405 e. The first-order chi connectivity index (χ1) is 17.6. The van der Waals surface area contributed by atoms with Crippen molar-refractivity contribution in [2.45, 2.75) is 20.0 Å². The molecule has 0 aliphatic heterocycles. The van der Waals surface area contributed by atoms with Crippen LogP contribution in [0.25, 0.3) is 27.7 Å². The van der Waals surface area contributed by atoms with Crippen LogP contribution in [0.15, 0.2) is 48.9 Å². The summed E-state index contributed by atoms with van der Waals surface area (Å²) in [4.78, 5) is 24.7. The van der Waals surface area contributed by atoms with Crippen molar-refractivity contribution in [3.8, 4) is 11.1 Å². The number of benzene rings is 2. The van der Waals surface area contributed by atoms with Gasteiger partial charge in [0.1, 0.15) is 18.4 Å². The average Bonchev–Trinajstić information content (AvgIpc) is 3.44. The molecule has 0 radical (unpaired) electrons. The molecule has 0 atom stereocenters. The number of rotatable bonds is 6. The van der Waals surface area contributed by atoms with E-state index in [1.54, 1.807) is 24.3 Å². The second kappa shape index (κ2) is 9.09. The van der Waals surface area contributed by atoms with E-state index in [4.69, 9.17) is 5.84 Å². The summed E-state index contributed by atoms with van der Waals surface area (Å²) in [6, 6.07) is 11.0. The van der Waals surface area contributed by atoms with Crippen LogP contribution in [0.3, 0.4) is 0 Å². The van der Waals surface area contributed by atoms with Crippen LogP contribution in [0.5, 0.6) is 0 Å². The number of hydrazine groups is 1. The van der Waals surface area contributed by atoms with Gasteiger partial charge < -0.3 is 21.0 Å². The predicted octanol–water partition coefficient (Wildman–Crippen LogP) is 4.21. The van der Waals surface area contributed by atoms with Crippen LogP contribution >= 0.6 is 0 Å². The zero-order chi connectivity index (χ0) is 26.3. The Balaban J connectivity index is 1.51. The van der Waals surface area contributed by atoms with Crippen molar-refractivity contribution in [1.82, 2.24) is 29.9 Å². The van der Waals surface area contributed by atoms with Crippen molar-refractivity contribution >= 4 is 39.9 Å². The van der Waals surface area contributed by atoms with E-state index in [-0.39, 0.29) is 11.4 Å². The first kappa shape index (κ1) is 24.1. The Kier molecular flexibility index (Phi) is 5.91. The second-order valence-corrected chi connectivity index (χ2v) is 8.53. The number of carbonyl (C=O) groups excluding carboxylic acids is 1. The fourth-order valence-corrected chi connectivity index (χ4v) is 4.24. The molecule has 0 unspecified atom stereocenters. The molecular formula is C24H22F3N9O. The Morgan fingerprint density at radius 2 is 1.92 bits per heavy atom. The van der Waals surface area contributed by atoms with E-state index in [1.165, 1.54) is 17.0 Å². The van der Waals surface area contributed by atoms with Crippen molar-refractivity contribution in [1.29, 1.82) is 0 Å². The Bertz CT molecular complexity index is 1620. The summed E-state index contributed by atoms with van der Waals surface area (Å²) in [6.45, 7) is 2.54. The second-order valence-electron chi connectivity index (χ2n) is 8.53. The van der Waals surface area contributed by atoms with Gasteiger partial charge in [-0.1, -0.05) is 18.2 Å². The molecule has 0 spiro atoms. The van der Waals surface area contributed by atoms with E-state index in [1.807, 2.05) is 25.2 Å². The summed E-state index contributed by atoms with van der Waals surface area (Å²) in [5, 5.41) is 9.20. The Hall–Kier alpha value is -4.65. The zero-order valence-electron chi connectivity index (χ0n) is 19.7. The number of fused-ring (bicyclic) bond motifs is 2. The van der Waals surface area contributed by atoms with Gasteiger partial charge in [-0.15, -0.1) is 0 Å². The predicted molar refractivity (Wildman–Crippen MR) is 133 cm³/mol. The van der Waals surface area contributed by atoms with Crippen LogP contribution in [-0.2, 0) is 0 Å². The molecule has 0 saturated carbocycles. The monoisotopic (exact) mass is 509 g/mol. The number of H-pyrrole nitrogens is 1. The number of nitrogens with one attached hydrogen (secondary N) is 4. The number of hydrogen-bond acceptors (Lipinski definition) is 7. The number of carbonyl (C=O) groups is 1. The highest BCUT2D eigenvalue weighted by Gasteiger charge is 2.29. The minimum atomic E-state index is -4.56. The van der Waals surface area contributed by atoms with Gasteiger partial charge in [-0.3, -0.25) is 4.79 Å². The molecule has 10 nitrogen and oxygen atoms in total. The molecule has 190 valence electrons. The molecule has 37 heavy (non-hydrogen) atoms. The van der Waals surface area contributed by atoms with Crippen LogP contribution in [0, 0.1) is 13.8 Å². The molecule has 5 rings (SSSR count). The molecule has 0 fully saturated rings. The van der Waals surface area contributed by atoms with E-state index in [2.05, 4.69) is 36.9 Å². The summed E-state index contributed by atoms with van der Waals surface area (Å²) >= 11 is 0. The number of aromatic nitrogens is 5. The van der Waals surface area contributed by atoms with E-state index in [0.29, 0.717) is 28.3 Å². The summed E-state index contributed by atoms with van der Waals surface area (Å²) in [5.74, 6) is 5.46. The van der Waals surface area contributed by atoms with E-state index in [9.17, 15) is 18.0 Å². The fourth-order valence-electron chi connectivity index (χ4n) is 4.24. The van der Waals surface area contributed by atoms with Crippen LogP contribution in [0.1, 0.15) is 21.5 Å². The number of aryl methyl sites for hydroxylation is 2. The first-order valence-electron chi connectivity index (χ1n) is 11.2. The third-order valence-electron chi connectivity index (χ3n) is 5.78. The van der Waals surface area contributed by atoms with Crippen molar-refractivity contribution in [3.05, 3.63) is 65.6 Å². The molecule has 3 aromatic heterocycles. The van der Waals surface area contributed by atoms with Gasteiger partial charge in [0.25, 0.3) is 5.91 Å². The number of nitrogens with two attached hydrogens (primary N) is 1. The van der Waals surface area contributed by atoms with Crippen molar-refractivity contribution in [2.24, 2.45) is 5.84 Å². The van der Waals surface area contributed by atoms with Gasteiger partial charge in [-0.25, -0.2) is 20.3 Å². The van der Waals surface area contributed by atoms with E-state index in [0.717, 1.165) is 22.2 Å². The Morgan fingerprint density at radius 1 is 1.16 bits per heavy atom. The quantitative estimate of drug-likeness (QED) is 0.171. The lowest BCUT2D eigenvalue weighted by molar-refractivity contribution is -0.123. The van der Waals surface area contributed by atoms with Crippen molar-refractivity contribution in [3.63, 3.8) is 0 Å². The molecule has 5 aromatic rings. The van der Waals surface area contributed by atoms with E-state index >= 15 is 0 Å². The lowest BCUT2D eigenvalue weighted by Gasteiger charge is -2.10. The van der Waals surface area contributed by atoms with Gasteiger partial charge in [0.05, 0.1) is 16.6 Å². The smallest absolute Gasteiger partial charge is 0.343 e. The van der Waals surface area contributed by atoms with Crippen molar-refractivity contribution in [2.75, 3.05) is 17.3 Å². The van der Waals surface area contributed by atoms with Crippen LogP contribution in [0.2, 0.25) is 0 Å². The maximum absolute atomic E-state index is 12.8. The highest BCUT2D eigenvalue weighted by Crippen LogP contribution is 2.34. The lowest BCUT2D eigenvalue weighted by Crippen LogP contribution is -2.33. The molecule has 0 bridgehead atoms. The summed E-state index contributed by atoms with van der Waals surface area (Å²) in [5.41, 5.74) is 8.32. The number of aromatic amines is 1. The first-order valence-corrected chi connectivity index (χ1v) is 11.2. The van der Waals surface area contributed by atoms with Gasteiger partial charge in [0.15, 0.2) is 5.82 Å². The van der Waals surface area contributed by atoms with Crippen LogP contribution < -0.4 is 21.9 Å². The molecule has 2 aromatic carbocycles. The summed E-state index contributed by atoms with van der Waals surface area (Å²) in [7, 11) is 0. The topological polar surface area (TPSA) is 138 Å². The minimum absolute atomic E-state index is 0.00918. The number of imidazole rings is 1. The highest BCUT2D eigenvalue weighted by molar-refractivity contribution is 6.07. The standard InChI is InChI=1S/C24H22F3N9O/c1-12-7-13(2)19-17(8-12)33-23(34-19)32-15-5-3-14(4-6-15)18-16(22(37)29-10-24(25,26)27)9-36-20(18)21(35-28)30-11-31-36/h3-9,11H,10,28H2,1-2H3,(H,29,37)(H,30,31,35)(H2,32,33,34). The van der Waals surface area contributed by atoms with Crippen LogP contribution in [-0.4, -0.2) is 43.2 Å². The molecule has 6 N–H and O–H groups in total. The number of halogens is 3. The number of hydrogen-bond donors (Lipinski definition) is 5. The number of anilines is 3. The van der Waals surface area contributed by atoms with Crippen LogP contribution in [0.4, 0.5) is 30.6 Å². The van der Waals surface area contributed by atoms with Gasteiger partial charge in [0, 0.05) is 17.4 Å². The summed E-state index contributed by atoms with van der Waals surface area (Å²) in [6.07, 6.45) is -2.00. The molecule has 0 aliphatic rings. The highest BCUT2D eigenvalue weighted by atomic mass is 19.4. The summed E-state index contributed by atoms with van der Waals surface area (Å²) < 4.78 is 39.5. The van der Waals surface area contributed by atoms with Gasteiger partial charge >= 0.3 is 6.18 Å². The molecule has 1 amide bonds. The fraction of sp³-hybridized carbons (Fsp3) is 0.167. The minimum Gasteiger partial charge on any atom is -0.343 e. The normalized spacial score (nSPS) is 11.7.